The number of hydrogen-bond donors (Lipinski definition) is 1. The van der Waals surface area contributed by atoms with Crippen LogP contribution >= 0.6 is 0 Å². The first-order chi connectivity index (χ1) is 1.73. The Balaban J connectivity index is -0.00000000750. The Bertz CT molecular complexity index is 64.4. The van der Waals surface area contributed by atoms with E-state index < -0.39 is 15.4 Å². The molecule has 0 unspecified atom stereocenters. The molecule has 0 spiro atoms. The van der Waals surface area contributed by atoms with Gasteiger partial charge in [-0.05, 0) is 0 Å². The van der Waals surface area contributed by atoms with Crippen molar-refractivity contribution in [2.45, 2.75) is 0 Å². The zero-order valence-electron chi connectivity index (χ0n) is 4.53. The predicted octanol–water partition coefficient (Wildman–Crippen LogP) is -4.51. The molecule has 0 atom stereocenters. The molecule has 0 aliphatic carbocycles. The van der Waals surface area contributed by atoms with Crippen molar-refractivity contribution in [3.05, 3.63) is 0 Å². The normalized spacial score (nSPS) is 3.57. The molecule has 0 aromatic heterocycles. The average molecular weight is 185 g/mol. The molecule has 0 saturated carbocycles. The Morgan fingerprint density at radius 1 is 1.43 bits per heavy atom. The summed E-state index contributed by atoms with van der Waals surface area (Å²) in [6.07, 6.45) is 0. The van der Waals surface area contributed by atoms with Crippen LogP contribution in [-0.2, 0) is 39.2 Å². The fourth-order valence-electron chi connectivity index (χ4n) is 0. The third-order valence-electron chi connectivity index (χ3n) is 0. The Morgan fingerprint density at radius 2 is 1.43 bits per heavy atom. The van der Waals surface area contributed by atoms with Gasteiger partial charge >= 0.3 is 45.6 Å². The van der Waals surface area contributed by atoms with Crippen molar-refractivity contribution >= 4 is 0 Å². The van der Waals surface area contributed by atoms with Gasteiger partial charge in [-0.2, -0.15) is 0 Å². The molecule has 4 nitrogen and oxygen atoms in total. The summed E-state index contributed by atoms with van der Waals surface area (Å²) in [6, 6.07) is 0. The van der Waals surface area contributed by atoms with Crippen molar-refractivity contribution in [1.29, 1.82) is 0 Å². The molecule has 0 rings (SSSR count). The molecule has 0 aliphatic rings. The van der Waals surface area contributed by atoms with Gasteiger partial charge in [-0.25, -0.2) is 0 Å². The Morgan fingerprint density at radius 3 is 1.43 bits per heavy atom. The molecule has 0 aromatic carbocycles. The van der Waals surface area contributed by atoms with Gasteiger partial charge in [0.1, 0.15) is 0 Å². The number of hydrogen-bond acceptors (Lipinski definition) is 2. The predicted molar refractivity (Wildman–Crippen MR) is 8.32 cm³/mol. The van der Waals surface area contributed by atoms with Gasteiger partial charge in [-0.3, -0.25) is 0 Å². The van der Waals surface area contributed by atoms with Crippen molar-refractivity contribution in [1.82, 2.24) is 0 Å². The van der Waals surface area contributed by atoms with E-state index in [9.17, 15) is 0 Å². The van der Waals surface area contributed by atoms with Crippen LogP contribution in [0.25, 0.3) is 0 Å². The van der Waals surface area contributed by atoms with Crippen molar-refractivity contribution in [3.63, 3.8) is 0 Å². The zero-order chi connectivity index (χ0) is 3.58. The van der Waals surface area contributed by atoms with Gasteiger partial charge in [0, 0.05) is 16.5 Å². The van der Waals surface area contributed by atoms with E-state index in [-0.39, 0.29) is 42.3 Å². The maximum atomic E-state index is 8.67. The van der Waals surface area contributed by atoms with Crippen LogP contribution in [0, 0.1) is 0 Å². The standard InChI is InChI=1S/Li.Ni.2H2O.2O.V.H/h;;2*1H2;;;;/q+1;;;;;;+1;-1/p-1. The average Bonchev–Trinajstić information content (AvgIpc) is 0.811. The first-order valence-corrected chi connectivity index (χ1v) is 2.33. The van der Waals surface area contributed by atoms with Crippen molar-refractivity contribution in [2.24, 2.45) is 0 Å². The summed E-state index contributed by atoms with van der Waals surface area (Å²) in [7, 11) is 0. The van der Waals surface area contributed by atoms with Gasteiger partial charge in [-0.15, -0.1) is 0 Å². The monoisotopic (exact) mass is 184 g/mol. The van der Waals surface area contributed by atoms with Gasteiger partial charge in [0.25, 0.3) is 0 Å². The van der Waals surface area contributed by atoms with E-state index in [1.54, 1.807) is 0 Å². The molecule has 0 heterocycles. The van der Waals surface area contributed by atoms with Crippen LogP contribution in [-0.4, -0.2) is 9.51 Å². The number of rotatable bonds is 0. The summed E-state index contributed by atoms with van der Waals surface area (Å²) < 4.78 is 24.4. The summed E-state index contributed by atoms with van der Waals surface area (Å²) in [5.41, 5.74) is 0. The minimum atomic E-state index is -3.69. The Labute approximate surface area is 68.9 Å². The van der Waals surface area contributed by atoms with E-state index >= 15 is 0 Å². The van der Waals surface area contributed by atoms with Crippen LogP contribution in [0.3, 0.4) is 0 Å². The second-order valence-corrected chi connectivity index (χ2v) is 0.981. The molecule has 0 radical (unpaired) electrons. The van der Waals surface area contributed by atoms with Crippen LogP contribution < -0.4 is 18.9 Å². The SMILES string of the molecule is O.[H-].[Li+].[Ni].[O]=[V](=[O])[OH]. The first-order valence-electron chi connectivity index (χ1n) is 0.565. The van der Waals surface area contributed by atoms with Crippen LogP contribution in [0.5, 0.6) is 0 Å². The van der Waals surface area contributed by atoms with Gasteiger partial charge < -0.3 is 6.90 Å². The van der Waals surface area contributed by atoms with Gasteiger partial charge in [0.05, 0.1) is 0 Å². The molecular weight excluding hydrogens is 181 g/mol. The molecule has 7 heavy (non-hydrogen) atoms. The summed E-state index contributed by atoms with van der Waals surface area (Å²) in [5.74, 6) is 0. The molecular formula is H4LiNiO4V. The molecule has 7 heteroatoms. The Hall–Kier alpha value is 1.20. The van der Waals surface area contributed by atoms with Gasteiger partial charge in [-0.1, -0.05) is 0 Å². The summed E-state index contributed by atoms with van der Waals surface area (Å²) >= 11 is -3.69. The quantitative estimate of drug-likeness (QED) is 0.385. The third-order valence-corrected chi connectivity index (χ3v) is 0. The van der Waals surface area contributed by atoms with Crippen LogP contribution in [0.2, 0.25) is 0 Å². The fraction of sp³-hybridized carbons (Fsp3) is 0. The summed E-state index contributed by atoms with van der Waals surface area (Å²) in [5, 5.41) is 0. The molecule has 3 N–H and O–H groups in total. The summed E-state index contributed by atoms with van der Waals surface area (Å²) in [6.45, 7) is 0. The van der Waals surface area contributed by atoms with Crippen molar-refractivity contribution in [3.8, 4) is 0 Å². The first kappa shape index (κ1) is 24.1. The fourth-order valence-corrected chi connectivity index (χ4v) is 0. The van der Waals surface area contributed by atoms with Gasteiger partial charge in [0.2, 0.25) is 0 Å². The van der Waals surface area contributed by atoms with E-state index in [2.05, 4.69) is 0 Å². The van der Waals surface area contributed by atoms with Crippen LogP contribution in [0.1, 0.15) is 1.43 Å². The van der Waals surface area contributed by atoms with Crippen LogP contribution in [0.4, 0.5) is 0 Å². The second kappa shape index (κ2) is 15.7. The van der Waals surface area contributed by atoms with E-state index in [0.29, 0.717) is 0 Å². The van der Waals surface area contributed by atoms with Crippen molar-refractivity contribution < 1.29 is 69.0 Å². The molecule has 0 fully saturated rings. The summed E-state index contributed by atoms with van der Waals surface area (Å²) in [4.78, 5) is 0. The molecule has 0 bridgehead atoms. The van der Waals surface area contributed by atoms with Crippen molar-refractivity contribution in [2.75, 3.05) is 0 Å². The molecule has 0 aliphatic heterocycles. The van der Waals surface area contributed by atoms with E-state index in [0.717, 1.165) is 0 Å². The molecule has 0 amide bonds. The Kier molecular flexibility index (Phi) is 54.0. The molecule has 0 saturated heterocycles. The third kappa shape index (κ3) is 136. The topological polar surface area (TPSA) is 85.9 Å². The maximum absolute atomic E-state index is 8.67. The van der Waals surface area contributed by atoms with E-state index in [1.807, 2.05) is 0 Å². The second-order valence-electron chi connectivity index (χ2n) is 0.238. The van der Waals surface area contributed by atoms with E-state index in [4.69, 9.17) is 11.4 Å². The van der Waals surface area contributed by atoms with Crippen LogP contribution in [0.15, 0.2) is 0 Å². The molecule has 0 aromatic rings. The zero-order valence-corrected chi connectivity index (χ0v) is 5.91. The van der Waals surface area contributed by atoms with E-state index in [1.165, 1.54) is 0 Å². The minimum absolute atomic E-state index is 0. The van der Waals surface area contributed by atoms with Gasteiger partial charge in [0.15, 0.2) is 0 Å². The molecule has 44 valence electrons.